The number of anilines is 3. The molecule has 3 aromatic rings. The third-order valence-electron chi connectivity index (χ3n) is 9.56. The summed E-state index contributed by atoms with van der Waals surface area (Å²) in [6.07, 6.45) is 11.6. The van der Waals surface area contributed by atoms with Crippen molar-refractivity contribution in [1.29, 1.82) is 0 Å². The van der Waals surface area contributed by atoms with Gasteiger partial charge in [0.15, 0.2) is 0 Å². The molecule has 2 aliphatic heterocycles. The van der Waals surface area contributed by atoms with Crippen LogP contribution in [0.15, 0.2) is 89.7 Å². The second-order valence-electron chi connectivity index (χ2n) is 14.1. The first kappa shape index (κ1) is 38.2. The first-order chi connectivity index (χ1) is 25.0. The van der Waals surface area contributed by atoms with Crippen molar-refractivity contribution in [3.05, 3.63) is 107 Å². The van der Waals surface area contributed by atoms with E-state index in [4.69, 9.17) is 14.5 Å². The molecular weight excluding hydrogens is 649 g/mol. The number of likely N-dealkylation sites (N-methyl/N-ethyl adjacent to an activating group) is 1. The van der Waals surface area contributed by atoms with Gasteiger partial charge in [0.25, 0.3) is 0 Å². The average molecular weight is 705 g/mol. The Morgan fingerprint density at radius 3 is 2.52 bits per heavy atom. The van der Waals surface area contributed by atoms with Gasteiger partial charge in [-0.05, 0) is 120 Å². The fraction of sp³-hybridized carbons (Fsp3) is 0.395. The summed E-state index contributed by atoms with van der Waals surface area (Å²) in [4.78, 5) is 26.4. The highest BCUT2D eigenvalue weighted by Crippen LogP contribution is 2.38. The molecule has 276 valence electrons. The molecule has 1 atom stereocenters. The highest BCUT2D eigenvalue weighted by Gasteiger charge is 2.35. The first-order valence-corrected chi connectivity index (χ1v) is 18.4. The van der Waals surface area contributed by atoms with Crippen LogP contribution in [0.3, 0.4) is 0 Å². The predicted molar refractivity (Wildman–Crippen MR) is 217 cm³/mol. The van der Waals surface area contributed by atoms with Crippen LogP contribution < -0.4 is 24.6 Å². The van der Waals surface area contributed by atoms with Crippen molar-refractivity contribution in [2.24, 2.45) is 4.99 Å². The molecule has 52 heavy (non-hydrogen) atoms. The van der Waals surface area contributed by atoms with E-state index in [2.05, 4.69) is 100 Å². The number of ether oxygens (including phenoxy) is 2. The summed E-state index contributed by atoms with van der Waals surface area (Å²) in [5, 5.41) is 3.61. The Kier molecular flexibility index (Phi) is 12.8. The zero-order chi connectivity index (χ0) is 37.4. The van der Waals surface area contributed by atoms with Gasteiger partial charge in [-0.1, -0.05) is 31.6 Å². The molecule has 9 heteroatoms. The Hall–Kier alpha value is -5.02. The Morgan fingerprint density at radius 1 is 1.00 bits per heavy atom. The lowest BCUT2D eigenvalue weighted by atomic mass is 10.0. The van der Waals surface area contributed by atoms with Gasteiger partial charge in [0.05, 0.1) is 11.7 Å². The van der Waals surface area contributed by atoms with Crippen LogP contribution in [0.4, 0.5) is 17.1 Å². The predicted octanol–water partition coefficient (Wildman–Crippen LogP) is 8.46. The second-order valence-corrected chi connectivity index (χ2v) is 14.1. The highest BCUT2D eigenvalue weighted by atomic mass is 16.5. The quantitative estimate of drug-likeness (QED) is 0.115. The van der Waals surface area contributed by atoms with Crippen LogP contribution >= 0.6 is 0 Å². The molecular formula is C43H56N6O3. The molecule has 1 saturated heterocycles. The smallest absolute Gasteiger partial charge is 0.246 e. The Bertz CT molecular complexity index is 1860. The maximum Gasteiger partial charge on any atom is 0.246 e. The van der Waals surface area contributed by atoms with Crippen LogP contribution in [0, 0.1) is 20.8 Å². The number of carbonyl (C=O) groups excluding carboxylic acids is 1. The Balaban J connectivity index is 1.34. The standard InChI is InChI=1S/C43H56N6O3/c1-10-12-19-44-43(45-34-15-18-40(33(6)23-34)52-36-16-17-38(32(5)24-36)47(9)27-30(3)11-2)37-26-39-41(25-31(37)4)51-29-35-28-48(21-22-49(35)39)42(50)14-13-20-46(7)8/h12-19,23-27,35H,10-11,20-22,28-29H2,1-9H3,(H,44,45)/b14-13+,19-12+,30-27-. The molecule has 2 heterocycles. The number of nitrogens with zero attached hydrogens (tertiary/aromatic N) is 5. The van der Waals surface area contributed by atoms with E-state index < -0.39 is 0 Å². The molecule has 1 amide bonds. The molecule has 0 radical (unpaired) electrons. The third kappa shape index (κ3) is 9.44. The van der Waals surface area contributed by atoms with Gasteiger partial charge in [0.2, 0.25) is 5.91 Å². The van der Waals surface area contributed by atoms with Gasteiger partial charge >= 0.3 is 0 Å². The summed E-state index contributed by atoms with van der Waals surface area (Å²) >= 11 is 0. The lowest BCUT2D eigenvalue weighted by molar-refractivity contribution is -0.127. The summed E-state index contributed by atoms with van der Waals surface area (Å²) in [6, 6.07) is 16.7. The summed E-state index contributed by atoms with van der Waals surface area (Å²) < 4.78 is 12.7. The van der Waals surface area contributed by atoms with Crippen molar-refractivity contribution in [1.82, 2.24) is 9.80 Å². The number of nitrogens with one attached hydrogen (secondary N) is 1. The molecule has 5 rings (SSSR count). The lowest BCUT2D eigenvalue weighted by Crippen LogP contribution is -2.58. The maximum absolute atomic E-state index is 12.9. The lowest BCUT2D eigenvalue weighted by Gasteiger charge is -2.45. The molecule has 0 bridgehead atoms. The maximum atomic E-state index is 12.9. The minimum absolute atomic E-state index is 0.0521. The number of aliphatic imine (C=N–C) groups is 1. The van der Waals surface area contributed by atoms with Crippen molar-refractivity contribution in [2.45, 2.75) is 60.4 Å². The normalized spacial score (nSPS) is 16.3. The summed E-state index contributed by atoms with van der Waals surface area (Å²) in [5.41, 5.74) is 8.66. The topological polar surface area (TPSA) is 72.9 Å². The van der Waals surface area contributed by atoms with E-state index in [0.717, 1.165) is 88.3 Å². The van der Waals surface area contributed by atoms with E-state index in [1.807, 2.05) is 60.4 Å². The monoisotopic (exact) mass is 704 g/mol. The van der Waals surface area contributed by atoms with Crippen molar-refractivity contribution in [3.8, 4) is 17.2 Å². The van der Waals surface area contributed by atoms with Crippen LogP contribution in [-0.4, -0.2) is 81.5 Å². The van der Waals surface area contributed by atoms with E-state index >= 15 is 0 Å². The molecule has 0 aliphatic carbocycles. The summed E-state index contributed by atoms with van der Waals surface area (Å²) in [5.74, 6) is 3.28. The van der Waals surface area contributed by atoms with Gasteiger partial charge < -0.3 is 34.4 Å². The van der Waals surface area contributed by atoms with Crippen LogP contribution in [-0.2, 0) is 4.79 Å². The molecule has 2 aliphatic rings. The molecule has 3 aromatic carbocycles. The van der Waals surface area contributed by atoms with Crippen molar-refractivity contribution < 1.29 is 14.3 Å². The van der Waals surface area contributed by atoms with Gasteiger partial charge in [0, 0.05) is 68.6 Å². The van der Waals surface area contributed by atoms with Crippen LogP contribution in [0.2, 0.25) is 0 Å². The molecule has 1 unspecified atom stereocenters. The fourth-order valence-corrected chi connectivity index (χ4v) is 6.52. The minimum atomic E-state index is 0.0521. The van der Waals surface area contributed by atoms with Crippen molar-refractivity contribution in [2.75, 3.05) is 69.0 Å². The van der Waals surface area contributed by atoms with Gasteiger partial charge in [-0.25, -0.2) is 4.99 Å². The average Bonchev–Trinajstić information content (AvgIpc) is 3.11. The Labute approximate surface area is 310 Å². The largest absolute Gasteiger partial charge is 0.489 e. The van der Waals surface area contributed by atoms with Crippen molar-refractivity contribution in [3.63, 3.8) is 0 Å². The highest BCUT2D eigenvalue weighted by molar-refractivity contribution is 6.10. The van der Waals surface area contributed by atoms with Crippen LogP contribution in [0.1, 0.15) is 55.9 Å². The van der Waals surface area contributed by atoms with Crippen molar-refractivity contribution >= 4 is 28.8 Å². The number of piperazine rings is 1. The van der Waals surface area contributed by atoms with E-state index in [1.54, 1.807) is 6.08 Å². The van der Waals surface area contributed by atoms with Gasteiger partial charge in [-0.15, -0.1) is 0 Å². The number of allylic oxidation sites excluding steroid dienone is 2. The summed E-state index contributed by atoms with van der Waals surface area (Å²) in [6.45, 7) is 16.0. The van der Waals surface area contributed by atoms with E-state index in [0.29, 0.717) is 19.7 Å². The van der Waals surface area contributed by atoms with Gasteiger partial charge in [-0.3, -0.25) is 4.79 Å². The minimum Gasteiger partial charge on any atom is -0.489 e. The third-order valence-corrected chi connectivity index (χ3v) is 9.56. The van der Waals surface area contributed by atoms with Gasteiger partial charge in [-0.2, -0.15) is 0 Å². The molecule has 0 saturated carbocycles. The van der Waals surface area contributed by atoms with Gasteiger partial charge in [0.1, 0.15) is 29.7 Å². The number of amides is 1. The van der Waals surface area contributed by atoms with E-state index in [9.17, 15) is 4.79 Å². The first-order valence-electron chi connectivity index (χ1n) is 18.4. The molecule has 1 N–H and O–H groups in total. The van der Waals surface area contributed by atoms with E-state index in [1.165, 1.54) is 5.57 Å². The number of amidine groups is 1. The fourth-order valence-electron chi connectivity index (χ4n) is 6.52. The second kappa shape index (κ2) is 17.5. The van der Waals surface area contributed by atoms with Crippen LogP contribution in [0.25, 0.3) is 0 Å². The number of rotatable bonds is 12. The number of carbonyl (C=O) groups is 1. The Morgan fingerprint density at radius 2 is 1.81 bits per heavy atom. The zero-order valence-corrected chi connectivity index (χ0v) is 32.5. The number of aryl methyl sites for hydroxylation is 3. The summed E-state index contributed by atoms with van der Waals surface area (Å²) in [7, 11) is 6.07. The zero-order valence-electron chi connectivity index (χ0n) is 32.5. The van der Waals surface area contributed by atoms with Crippen LogP contribution in [0.5, 0.6) is 17.2 Å². The SMILES string of the molecule is CC/C=C/N=C(Nc1ccc(Oc2ccc(N(C)/C=C(/C)CC)c(C)c2)c(C)c1)c1cc2c(cc1C)OCC1CN(C(=O)/C=C/CN(C)C)CCN21. The number of fused-ring (bicyclic) bond motifs is 3. The molecule has 1 fully saturated rings. The molecule has 0 spiro atoms. The van der Waals surface area contributed by atoms with E-state index in [-0.39, 0.29) is 11.9 Å². The number of benzene rings is 3. The number of hydrogen-bond donors (Lipinski definition) is 1. The number of hydrogen-bond acceptors (Lipinski definition) is 7. The molecule has 9 nitrogen and oxygen atoms in total. The molecule has 0 aromatic heterocycles.